The third kappa shape index (κ3) is 6.11. The molecule has 2 amide bonds. The molecule has 1 aliphatic carbocycles. The summed E-state index contributed by atoms with van der Waals surface area (Å²) in [6.45, 7) is 4.18. The number of carbonyl (C=O) groups is 2. The molecule has 0 radical (unpaired) electrons. The molecule has 1 aliphatic heterocycles. The maximum atomic E-state index is 14.2. The van der Waals surface area contributed by atoms with Crippen molar-refractivity contribution in [1.82, 2.24) is 18.8 Å². The lowest BCUT2D eigenvalue weighted by Gasteiger charge is -2.37. The molecule has 2 fully saturated rings. The Morgan fingerprint density at radius 3 is 2.24 bits per heavy atom. The van der Waals surface area contributed by atoms with E-state index >= 15 is 0 Å². The lowest BCUT2D eigenvalue weighted by Crippen LogP contribution is -2.53. The smallest absolute Gasteiger partial charge is 0.260 e. The van der Waals surface area contributed by atoms with Crippen LogP contribution in [0, 0.1) is 0 Å². The molecule has 3 aromatic rings. The van der Waals surface area contributed by atoms with Crippen molar-refractivity contribution in [2.24, 2.45) is 0 Å². The zero-order chi connectivity index (χ0) is 30.4. The molecule has 2 aromatic carbocycles. The van der Waals surface area contributed by atoms with Crippen LogP contribution in [-0.4, -0.2) is 76.4 Å². The lowest BCUT2D eigenvalue weighted by atomic mass is 9.94. The summed E-state index contributed by atoms with van der Waals surface area (Å²) in [7, 11) is -4.13. The molecule has 1 aromatic heterocycles. The van der Waals surface area contributed by atoms with Gasteiger partial charge in [-0.3, -0.25) is 19.1 Å². The van der Waals surface area contributed by atoms with Gasteiger partial charge in [0.15, 0.2) is 5.03 Å². The van der Waals surface area contributed by atoms with Gasteiger partial charge in [-0.05, 0) is 69.0 Å². The van der Waals surface area contributed by atoms with Gasteiger partial charge in [-0.25, -0.2) is 13.4 Å². The normalized spacial score (nSPS) is 17.2. The number of halogens is 3. The van der Waals surface area contributed by atoms with E-state index < -0.39 is 21.2 Å². The molecule has 10 nitrogen and oxygen atoms in total. The summed E-state index contributed by atoms with van der Waals surface area (Å²) in [4.78, 5) is 32.3. The van der Waals surface area contributed by atoms with Gasteiger partial charge in [0.25, 0.3) is 15.9 Å². The maximum absolute atomic E-state index is 14.2. The molecule has 0 unspecified atom stereocenters. The Labute approximate surface area is 263 Å². The van der Waals surface area contributed by atoms with E-state index in [-0.39, 0.29) is 43.1 Å². The Morgan fingerprint density at radius 1 is 1.10 bits per heavy atom. The van der Waals surface area contributed by atoms with Crippen LogP contribution in [0.3, 0.4) is 0 Å². The van der Waals surface area contributed by atoms with Gasteiger partial charge in [-0.1, -0.05) is 51.3 Å². The van der Waals surface area contributed by atoms with Gasteiger partial charge in [0.2, 0.25) is 12.4 Å². The van der Waals surface area contributed by atoms with Crippen LogP contribution in [0.1, 0.15) is 32.3 Å². The minimum absolute atomic E-state index is 0.0547. The number of benzene rings is 2. The minimum atomic E-state index is -4.13. The van der Waals surface area contributed by atoms with Crippen molar-refractivity contribution in [3.63, 3.8) is 0 Å². The number of aromatic nitrogens is 2. The highest BCUT2D eigenvalue weighted by molar-refractivity contribution is 9.10. The first-order valence-corrected chi connectivity index (χ1v) is 16.3. The summed E-state index contributed by atoms with van der Waals surface area (Å²) in [6.07, 6.45) is 3.05. The number of amides is 2. The van der Waals surface area contributed by atoms with E-state index in [1.165, 1.54) is 26.4 Å². The fraction of sp³-hybridized carbons (Fsp3) is 0.393. The summed E-state index contributed by atoms with van der Waals surface area (Å²) in [5.74, 6) is -0.280. The van der Waals surface area contributed by atoms with Gasteiger partial charge in [0.05, 0.1) is 11.9 Å². The Morgan fingerprint density at radius 2 is 1.69 bits per heavy atom. The van der Waals surface area contributed by atoms with Crippen LogP contribution in [-0.2, 0) is 31.6 Å². The lowest BCUT2D eigenvalue weighted by molar-refractivity contribution is -0.143. The third-order valence-electron chi connectivity index (χ3n) is 7.56. The number of aliphatic hydroxyl groups is 1. The minimum Gasteiger partial charge on any atom is -0.380 e. The molecule has 1 saturated heterocycles. The van der Waals surface area contributed by atoms with Gasteiger partial charge in [0.1, 0.15) is 5.60 Å². The first-order chi connectivity index (χ1) is 19.7. The highest BCUT2D eigenvalue weighted by atomic mass is 79.9. The molecule has 1 saturated carbocycles. The first kappa shape index (κ1) is 31.0. The Hall–Kier alpha value is -2.48. The van der Waals surface area contributed by atoms with E-state index in [1.54, 1.807) is 16.7 Å². The van der Waals surface area contributed by atoms with Gasteiger partial charge in [-0.15, -0.1) is 0 Å². The maximum Gasteiger partial charge on any atom is 0.260 e. The van der Waals surface area contributed by atoms with Crippen molar-refractivity contribution in [2.75, 3.05) is 31.1 Å². The summed E-state index contributed by atoms with van der Waals surface area (Å²) >= 11 is 15.9. The number of rotatable bonds is 9. The second-order valence-electron chi connectivity index (χ2n) is 11.2. The number of anilines is 2. The van der Waals surface area contributed by atoms with E-state index in [1.807, 2.05) is 38.1 Å². The molecular weight excluding hydrogens is 669 g/mol. The molecule has 5 rings (SSSR count). The van der Waals surface area contributed by atoms with Crippen molar-refractivity contribution in [2.45, 2.75) is 49.3 Å². The van der Waals surface area contributed by atoms with E-state index in [0.29, 0.717) is 41.4 Å². The SMILES string of the molecule is CC(C)(Cc1ccc(Br)cc1)n1c(S(=O)(=O)N2CCN(C(=O)C3(O)CC3)CC2)cnc1N(C=O)c1cc(Cl)cc(Cl)c1. The number of hydrogen-bond acceptors (Lipinski definition) is 6. The fourth-order valence-corrected chi connectivity index (χ4v) is 7.65. The molecule has 1 N–H and O–H groups in total. The second kappa shape index (κ2) is 11.5. The number of piperazine rings is 1. The topological polar surface area (TPSA) is 116 Å². The van der Waals surface area contributed by atoms with Crippen molar-refractivity contribution in [3.05, 3.63) is 68.7 Å². The number of sulfonamides is 1. The Balaban J connectivity index is 1.55. The Kier molecular flexibility index (Phi) is 8.51. The highest BCUT2D eigenvalue weighted by Crippen LogP contribution is 2.38. The molecular formula is C28H30BrCl2N5O5S. The molecule has 0 spiro atoms. The van der Waals surface area contributed by atoms with Crippen LogP contribution in [0.5, 0.6) is 0 Å². The molecule has 224 valence electrons. The number of nitrogens with zero attached hydrogens (tertiary/aromatic N) is 5. The fourth-order valence-electron chi connectivity index (χ4n) is 5.22. The average Bonchev–Trinajstić information content (AvgIpc) is 3.52. The van der Waals surface area contributed by atoms with E-state index in [9.17, 15) is 23.1 Å². The average molecular weight is 699 g/mol. The highest BCUT2D eigenvalue weighted by Gasteiger charge is 2.51. The number of imidazole rings is 1. The Bertz CT molecular complexity index is 1600. The number of carbonyl (C=O) groups excluding carboxylic acids is 2. The van der Waals surface area contributed by atoms with Crippen LogP contribution in [0.4, 0.5) is 11.6 Å². The summed E-state index contributed by atoms with van der Waals surface area (Å²) in [6, 6.07) is 12.3. The van der Waals surface area contributed by atoms with Crippen LogP contribution in [0.15, 0.2) is 58.2 Å². The van der Waals surface area contributed by atoms with Crippen LogP contribution < -0.4 is 4.90 Å². The van der Waals surface area contributed by atoms with Crippen molar-refractivity contribution < 1.29 is 23.1 Å². The van der Waals surface area contributed by atoms with E-state index in [2.05, 4.69) is 20.9 Å². The standard InChI is InChI=1S/C28H30BrCl2N5O5S/c1-27(2,16-19-3-5-20(29)6-4-19)36-24(17-32-26(36)35(18-37)23-14-21(30)13-22(31)15-23)42(40,41)34-11-9-33(10-12-34)25(38)28(39)7-8-28/h3-6,13-15,17-18,39H,7-12,16H2,1-2H3. The zero-order valence-corrected chi connectivity index (χ0v) is 26.9. The van der Waals surface area contributed by atoms with Gasteiger partial charge in [0, 0.05) is 46.2 Å². The summed E-state index contributed by atoms with van der Waals surface area (Å²) < 4.78 is 32.1. The van der Waals surface area contributed by atoms with Crippen molar-refractivity contribution in [1.29, 1.82) is 0 Å². The first-order valence-electron chi connectivity index (χ1n) is 13.3. The van der Waals surface area contributed by atoms with Gasteiger partial charge in [-0.2, -0.15) is 4.31 Å². The molecule has 2 aliphatic rings. The zero-order valence-electron chi connectivity index (χ0n) is 23.0. The predicted molar refractivity (Wildman–Crippen MR) is 164 cm³/mol. The van der Waals surface area contributed by atoms with E-state index in [0.717, 1.165) is 10.0 Å². The molecule has 42 heavy (non-hydrogen) atoms. The van der Waals surface area contributed by atoms with Crippen LogP contribution in [0.2, 0.25) is 10.0 Å². The number of hydrogen-bond donors (Lipinski definition) is 1. The predicted octanol–water partition coefficient (Wildman–Crippen LogP) is 4.58. The molecule has 0 atom stereocenters. The van der Waals surface area contributed by atoms with Crippen molar-refractivity contribution >= 4 is 73.1 Å². The molecule has 2 heterocycles. The quantitative estimate of drug-likeness (QED) is 0.327. The largest absolute Gasteiger partial charge is 0.380 e. The van der Waals surface area contributed by atoms with Crippen LogP contribution in [0.25, 0.3) is 0 Å². The molecule has 14 heteroatoms. The second-order valence-corrected chi connectivity index (χ2v) is 14.9. The van der Waals surface area contributed by atoms with Gasteiger partial charge >= 0.3 is 0 Å². The third-order valence-corrected chi connectivity index (χ3v) is 10.4. The summed E-state index contributed by atoms with van der Waals surface area (Å²) in [5.41, 5.74) is -0.936. The van der Waals surface area contributed by atoms with Crippen molar-refractivity contribution in [3.8, 4) is 0 Å². The summed E-state index contributed by atoms with van der Waals surface area (Å²) in [5, 5.41) is 10.7. The monoisotopic (exact) mass is 697 g/mol. The van der Waals surface area contributed by atoms with E-state index in [4.69, 9.17) is 23.2 Å². The van der Waals surface area contributed by atoms with Crippen LogP contribution >= 0.6 is 39.1 Å². The van der Waals surface area contributed by atoms with Gasteiger partial charge < -0.3 is 10.0 Å². The molecule has 0 bridgehead atoms.